The van der Waals surface area contributed by atoms with Gasteiger partial charge in [0.25, 0.3) is 0 Å². The van der Waals surface area contributed by atoms with Crippen molar-refractivity contribution in [3.63, 3.8) is 0 Å². The standard InChI is InChI=1S/C19H14N4O3/c24-18(25)13-5-3-4-12(10-13)17-9-8-14(26-17)11-20-23-19-21-15-6-1-2-7-16(15)22-19/h1-11H,(H,24,25)(H2,21,22,23)/b20-11+. The van der Waals surface area contributed by atoms with Crippen LogP contribution in [-0.4, -0.2) is 27.3 Å². The minimum Gasteiger partial charge on any atom is -0.478 e. The Morgan fingerprint density at radius 3 is 2.88 bits per heavy atom. The van der Waals surface area contributed by atoms with E-state index in [0.29, 0.717) is 23.0 Å². The van der Waals surface area contributed by atoms with E-state index in [2.05, 4.69) is 20.5 Å². The van der Waals surface area contributed by atoms with Gasteiger partial charge in [0, 0.05) is 5.56 Å². The molecule has 0 radical (unpaired) electrons. The van der Waals surface area contributed by atoms with Crippen LogP contribution in [0.2, 0.25) is 0 Å². The van der Waals surface area contributed by atoms with Gasteiger partial charge >= 0.3 is 5.97 Å². The number of aromatic nitrogens is 2. The molecule has 2 aromatic carbocycles. The van der Waals surface area contributed by atoms with Gasteiger partial charge in [-0.05, 0) is 36.4 Å². The molecule has 4 rings (SSSR count). The molecule has 26 heavy (non-hydrogen) atoms. The van der Waals surface area contributed by atoms with Gasteiger partial charge in [0.15, 0.2) is 0 Å². The van der Waals surface area contributed by atoms with Crippen LogP contribution < -0.4 is 5.43 Å². The van der Waals surface area contributed by atoms with Crippen molar-refractivity contribution in [3.05, 3.63) is 72.0 Å². The van der Waals surface area contributed by atoms with Crippen molar-refractivity contribution in [2.45, 2.75) is 0 Å². The summed E-state index contributed by atoms with van der Waals surface area (Å²) < 4.78 is 5.69. The van der Waals surface area contributed by atoms with Crippen molar-refractivity contribution in [3.8, 4) is 11.3 Å². The zero-order valence-electron chi connectivity index (χ0n) is 13.5. The van der Waals surface area contributed by atoms with Crippen LogP contribution in [0.15, 0.2) is 70.2 Å². The number of hydrogen-bond donors (Lipinski definition) is 3. The number of aromatic carboxylic acids is 1. The van der Waals surface area contributed by atoms with E-state index in [0.717, 1.165) is 11.0 Å². The highest BCUT2D eigenvalue weighted by atomic mass is 16.4. The number of imidazole rings is 1. The van der Waals surface area contributed by atoms with Gasteiger partial charge in [0.2, 0.25) is 5.95 Å². The summed E-state index contributed by atoms with van der Waals surface area (Å²) >= 11 is 0. The fourth-order valence-corrected chi connectivity index (χ4v) is 2.55. The summed E-state index contributed by atoms with van der Waals surface area (Å²) in [6.07, 6.45) is 1.53. The smallest absolute Gasteiger partial charge is 0.335 e. The molecule has 0 amide bonds. The number of furan rings is 1. The van der Waals surface area contributed by atoms with E-state index in [9.17, 15) is 4.79 Å². The van der Waals surface area contributed by atoms with Crippen molar-refractivity contribution in [1.29, 1.82) is 0 Å². The number of nitrogens with zero attached hydrogens (tertiary/aromatic N) is 2. The number of aromatic amines is 1. The van der Waals surface area contributed by atoms with Crippen LogP contribution in [0.5, 0.6) is 0 Å². The van der Waals surface area contributed by atoms with Gasteiger partial charge < -0.3 is 14.5 Å². The number of para-hydroxylation sites is 2. The Morgan fingerprint density at radius 1 is 1.15 bits per heavy atom. The van der Waals surface area contributed by atoms with E-state index >= 15 is 0 Å². The molecule has 4 aromatic rings. The molecule has 0 unspecified atom stereocenters. The van der Waals surface area contributed by atoms with Gasteiger partial charge in [-0.2, -0.15) is 5.10 Å². The molecule has 2 heterocycles. The highest BCUT2D eigenvalue weighted by Crippen LogP contribution is 2.22. The average molecular weight is 346 g/mol. The lowest BCUT2D eigenvalue weighted by atomic mass is 10.1. The van der Waals surface area contributed by atoms with Gasteiger partial charge in [0.1, 0.15) is 11.5 Å². The summed E-state index contributed by atoms with van der Waals surface area (Å²) in [5, 5.41) is 13.2. The summed E-state index contributed by atoms with van der Waals surface area (Å²) in [4.78, 5) is 18.5. The molecule has 0 aliphatic heterocycles. The SMILES string of the molecule is O=C(O)c1cccc(-c2ccc(/C=N/Nc3nc4ccccc4[nH]3)o2)c1. The van der Waals surface area contributed by atoms with Gasteiger partial charge in [-0.15, -0.1) is 0 Å². The average Bonchev–Trinajstić information content (AvgIpc) is 3.28. The normalized spacial score (nSPS) is 11.2. The van der Waals surface area contributed by atoms with E-state index in [1.54, 1.807) is 30.3 Å². The Kier molecular flexibility index (Phi) is 3.95. The third-order valence-corrected chi connectivity index (χ3v) is 3.77. The van der Waals surface area contributed by atoms with Crippen LogP contribution in [0.4, 0.5) is 5.95 Å². The van der Waals surface area contributed by atoms with Gasteiger partial charge in [-0.3, -0.25) is 0 Å². The van der Waals surface area contributed by atoms with Crippen molar-refractivity contribution in [2.75, 3.05) is 5.43 Å². The molecule has 0 spiro atoms. The van der Waals surface area contributed by atoms with Gasteiger partial charge in [-0.1, -0.05) is 24.3 Å². The monoisotopic (exact) mass is 346 g/mol. The van der Waals surface area contributed by atoms with Gasteiger partial charge in [-0.25, -0.2) is 15.2 Å². The number of hydrazone groups is 1. The van der Waals surface area contributed by atoms with Crippen molar-refractivity contribution in [1.82, 2.24) is 9.97 Å². The number of carboxylic acid groups (broad SMARTS) is 1. The third kappa shape index (κ3) is 3.18. The molecular formula is C19H14N4O3. The topological polar surface area (TPSA) is 104 Å². The molecule has 0 bridgehead atoms. The molecule has 3 N–H and O–H groups in total. The molecule has 7 heteroatoms. The zero-order valence-corrected chi connectivity index (χ0v) is 13.5. The third-order valence-electron chi connectivity index (χ3n) is 3.77. The summed E-state index contributed by atoms with van der Waals surface area (Å²) in [5.74, 6) is 0.654. The number of hydrogen-bond acceptors (Lipinski definition) is 5. The first-order chi connectivity index (χ1) is 12.7. The summed E-state index contributed by atoms with van der Waals surface area (Å²) in [7, 11) is 0. The minimum atomic E-state index is -0.977. The molecule has 0 fully saturated rings. The lowest BCUT2D eigenvalue weighted by molar-refractivity contribution is 0.0697. The number of fused-ring (bicyclic) bond motifs is 1. The summed E-state index contributed by atoms with van der Waals surface area (Å²) in [5.41, 5.74) is 5.49. The lowest BCUT2D eigenvalue weighted by Gasteiger charge is -1.99. The van der Waals surface area contributed by atoms with Crippen LogP contribution in [-0.2, 0) is 0 Å². The van der Waals surface area contributed by atoms with E-state index < -0.39 is 5.97 Å². The van der Waals surface area contributed by atoms with Gasteiger partial charge in [0.05, 0.1) is 22.8 Å². The number of carbonyl (C=O) groups is 1. The van der Waals surface area contributed by atoms with Crippen LogP contribution in [0.3, 0.4) is 0 Å². The Bertz CT molecular complexity index is 1080. The number of benzene rings is 2. The predicted octanol–water partition coefficient (Wildman–Crippen LogP) is 3.97. The van der Waals surface area contributed by atoms with Crippen LogP contribution >= 0.6 is 0 Å². The Hall–Kier alpha value is -3.87. The first kappa shape index (κ1) is 15.6. The maximum absolute atomic E-state index is 11.1. The van der Waals surface area contributed by atoms with Crippen molar-refractivity contribution >= 4 is 29.2 Å². The highest BCUT2D eigenvalue weighted by Gasteiger charge is 2.08. The zero-order chi connectivity index (χ0) is 17.9. The van der Waals surface area contributed by atoms with Crippen LogP contribution in [0, 0.1) is 0 Å². The number of H-pyrrole nitrogens is 1. The van der Waals surface area contributed by atoms with Crippen molar-refractivity contribution < 1.29 is 14.3 Å². The summed E-state index contributed by atoms with van der Waals surface area (Å²) in [6.45, 7) is 0. The first-order valence-electron chi connectivity index (χ1n) is 7.86. The quantitative estimate of drug-likeness (QED) is 0.375. The Labute approximate surface area is 148 Å². The number of carboxylic acids is 1. The second-order valence-electron chi connectivity index (χ2n) is 5.56. The van der Waals surface area contributed by atoms with Crippen LogP contribution in [0.1, 0.15) is 16.1 Å². The minimum absolute atomic E-state index is 0.209. The van der Waals surface area contributed by atoms with Crippen LogP contribution in [0.25, 0.3) is 22.4 Å². The molecule has 0 aliphatic carbocycles. The Morgan fingerprint density at radius 2 is 2.04 bits per heavy atom. The molecule has 0 atom stereocenters. The predicted molar refractivity (Wildman–Crippen MR) is 98.4 cm³/mol. The molecule has 0 aliphatic rings. The second-order valence-corrected chi connectivity index (χ2v) is 5.56. The molecule has 0 saturated carbocycles. The maximum Gasteiger partial charge on any atom is 0.335 e. The largest absolute Gasteiger partial charge is 0.478 e. The van der Waals surface area contributed by atoms with Crippen molar-refractivity contribution in [2.24, 2.45) is 5.10 Å². The van der Waals surface area contributed by atoms with E-state index in [4.69, 9.17) is 9.52 Å². The molecular weight excluding hydrogens is 332 g/mol. The number of rotatable bonds is 5. The van der Waals surface area contributed by atoms with E-state index in [1.165, 1.54) is 12.3 Å². The summed E-state index contributed by atoms with van der Waals surface area (Å²) in [6, 6.07) is 17.8. The molecule has 0 saturated heterocycles. The first-order valence-corrected chi connectivity index (χ1v) is 7.86. The lowest BCUT2D eigenvalue weighted by Crippen LogP contribution is -1.95. The Balaban J connectivity index is 1.48. The maximum atomic E-state index is 11.1. The second kappa shape index (κ2) is 6.56. The van der Waals surface area contributed by atoms with E-state index in [1.807, 2.05) is 24.3 Å². The highest BCUT2D eigenvalue weighted by molar-refractivity contribution is 5.89. The molecule has 128 valence electrons. The van der Waals surface area contributed by atoms with E-state index in [-0.39, 0.29) is 5.56 Å². The molecule has 2 aromatic heterocycles. The fraction of sp³-hybridized carbons (Fsp3) is 0. The number of nitrogens with one attached hydrogen (secondary N) is 2. The number of anilines is 1. The fourth-order valence-electron chi connectivity index (χ4n) is 2.55. The molecule has 7 nitrogen and oxygen atoms in total.